The fourth-order valence-corrected chi connectivity index (χ4v) is 6.42. The smallest absolute Gasteiger partial charge is 0.224 e. The summed E-state index contributed by atoms with van der Waals surface area (Å²) in [6.45, 7) is 8.57. The van der Waals surface area contributed by atoms with Crippen LogP contribution in [-0.4, -0.2) is 85.6 Å². The van der Waals surface area contributed by atoms with Crippen LogP contribution in [0.25, 0.3) is 20.8 Å². The average Bonchev–Trinajstić information content (AvgIpc) is 3.35. The summed E-state index contributed by atoms with van der Waals surface area (Å²) in [6, 6.07) is 1.33. The number of anilines is 2. The van der Waals surface area contributed by atoms with E-state index in [1.165, 1.54) is 11.3 Å². The summed E-state index contributed by atoms with van der Waals surface area (Å²) >= 11 is 1.46. The van der Waals surface area contributed by atoms with Gasteiger partial charge >= 0.3 is 0 Å². The molecule has 11 nitrogen and oxygen atoms in total. The maximum Gasteiger partial charge on any atom is 0.224 e. The number of fused-ring (bicyclic) bond motifs is 1. The molecule has 0 radical (unpaired) electrons. The van der Waals surface area contributed by atoms with Gasteiger partial charge in [-0.3, -0.25) is 4.98 Å². The minimum absolute atomic E-state index is 0.0840. The summed E-state index contributed by atoms with van der Waals surface area (Å²) < 4.78 is 25.1. The van der Waals surface area contributed by atoms with Crippen molar-refractivity contribution in [3.63, 3.8) is 0 Å². The first-order valence-electron chi connectivity index (χ1n) is 12.1. The molecule has 0 aromatic carbocycles. The van der Waals surface area contributed by atoms with Gasteiger partial charge in [0.1, 0.15) is 22.4 Å². The van der Waals surface area contributed by atoms with E-state index in [0.717, 1.165) is 15.9 Å². The Hall–Kier alpha value is -2.45. The summed E-state index contributed by atoms with van der Waals surface area (Å²) in [4.78, 5) is 18.3. The molecule has 0 amide bonds. The van der Waals surface area contributed by atoms with E-state index in [2.05, 4.69) is 25.6 Å². The second kappa shape index (κ2) is 10.4. The van der Waals surface area contributed by atoms with Crippen LogP contribution in [0, 0.1) is 19.8 Å². The van der Waals surface area contributed by atoms with Gasteiger partial charge in [0.25, 0.3) is 0 Å². The van der Waals surface area contributed by atoms with Gasteiger partial charge in [0.15, 0.2) is 9.84 Å². The summed E-state index contributed by atoms with van der Waals surface area (Å²) in [7, 11) is -3.33. The van der Waals surface area contributed by atoms with E-state index in [1.54, 1.807) is 27.0 Å². The Morgan fingerprint density at radius 1 is 1.11 bits per heavy atom. The number of aromatic nitrogens is 4. The van der Waals surface area contributed by atoms with Crippen LogP contribution in [0.2, 0.25) is 0 Å². The quantitative estimate of drug-likeness (QED) is 0.277. The highest BCUT2D eigenvalue weighted by Crippen LogP contribution is 2.38. The summed E-state index contributed by atoms with van der Waals surface area (Å²) in [6.07, 6.45) is -0.0937. The Morgan fingerprint density at radius 2 is 1.84 bits per heavy atom. The van der Waals surface area contributed by atoms with Gasteiger partial charge in [-0.2, -0.15) is 4.98 Å². The first-order chi connectivity index (χ1) is 17.3. The maximum absolute atomic E-state index is 12.5. The third-order valence-electron chi connectivity index (χ3n) is 6.74. The lowest BCUT2D eigenvalue weighted by molar-refractivity contribution is 0.00446. The number of hydrogen-bond donors (Lipinski definition) is 5. The van der Waals surface area contributed by atoms with E-state index in [9.17, 15) is 23.7 Å². The number of thiazole rings is 1. The SMILES string of the molecule is Cc1nc(NCCS(=O)(=O)C(C)(C)C)nc(N[C@@H]2C[C@H](CO)[C@@H](O)[C@H]2O)c1-c1nc2c(C)nccc2s1. The highest BCUT2D eigenvalue weighted by molar-refractivity contribution is 7.92. The van der Waals surface area contributed by atoms with Crippen molar-refractivity contribution in [1.82, 2.24) is 19.9 Å². The second-order valence-corrected chi connectivity index (χ2v) is 14.3. The molecule has 13 heteroatoms. The number of sulfone groups is 1. The molecule has 202 valence electrons. The Bertz CT molecular complexity index is 1390. The number of aliphatic hydroxyl groups is 3. The lowest BCUT2D eigenvalue weighted by Gasteiger charge is -2.22. The van der Waals surface area contributed by atoms with Crippen LogP contribution in [0.5, 0.6) is 0 Å². The van der Waals surface area contributed by atoms with Crippen molar-refractivity contribution < 1.29 is 23.7 Å². The monoisotopic (exact) mass is 550 g/mol. The number of rotatable bonds is 8. The lowest BCUT2D eigenvalue weighted by Crippen LogP contribution is -2.36. The molecule has 4 atom stereocenters. The van der Waals surface area contributed by atoms with Gasteiger partial charge < -0.3 is 26.0 Å². The van der Waals surface area contributed by atoms with Crippen molar-refractivity contribution in [3.05, 3.63) is 23.7 Å². The Labute approximate surface area is 220 Å². The zero-order valence-corrected chi connectivity index (χ0v) is 23.2. The van der Waals surface area contributed by atoms with E-state index in [1.807, 2.05) is 19.9 Å². The molecule has 0 bridgehead atoms. The molecule has 3 aromatic heterocycles. The minimum atomic E-state index is -3.33. The highest BCUT2D eigenvalue weighted by Gasteiger charge is 2.41. The van der Waals surface area contributed by atoms with Gasteiger partial charge in [-0.05, 0) is 47.1 Å². The fraction of sp³-hybridized carbons (Fsp3) is 0.583. The van der Waals surface area contributed by atoms with Crippen LogP contribution in [0.4, 0.5) is 11.8 Å². The second-order valence-electron chi connectivity index (χ2n) is 10.4. The molecule has 1 fully saturated rings. The minimum Gasteiger partial charge on any atom is -0.396 e. The summed E-state index contributed by atoms with van der Waals surface area (Å²) in [5.74, 6) is 0.0845. The molecule has 1 aliphatic carbocycles. The largest absolute Gasteiger partial charge is 0.396 e. The molecular weight excluding hydrogens is 516 g/mol. The number of nitrogens with one attached hydrogen (secondary N) is 2. The number of aliphatic hydroxyl groups excluding tert-OH is 3. The Kier molecular flexibility index (Phi) is 7.73. The first kappa shape index (κ1) is 27.6. The number of hydrogen-bond acceptors (Lipinski definition) is 12. The molecule has 0 unspecified atom stereocenters. The third-order valence-corrected chi connectivity index (χ3v) is 10.4. The molecule has 37 heavy (non-hydrogen) atoms. The summed E-state index contributed by atoms with van der Waals surface area (Å²) in [5, 5.41) is 37.4. The Balaban J connectivity index is 1.70. The third kappa shape index (κ3) is 5.55. The predicted molar refractivity (Wildman–Crippen MR) is 145 cm³/mol. The van der Waals surface area contributed by atoms with Crippen LogP contribution >= 0.6 is 11.3 Å². The highest BCUT2D eigenvalue weighted by atomic mass is 32.2. The predicted octanol–water partition coefficient (Wildman–Crippen LogP) is 1.90. The van der Waals surface area contributed by atoms with Crippen LogP contribution in [0.15, 0.2) is 12.3 Å². The molecule has 1 saturated carbocycles. The van der Waals surface area contributed by atoms with Gasteiger partial charge in [0.05, 0.1) is 44.3 Å². The Morgan fingerprint density at radius 3 is 2.46 bits per heavy atom. The zero-order valence-electron chi connectivity index (χ0n) is 21.6. The topological polar surface area (TPSA) is 170 Å². The van der Waals surface area contributed by atoms with Crippen LogP contribution in [0.1, 0.15) is 38.6 Å². The molecule has 3 aromatic rings. The summed E-state index contributed by atoms with van der Waals surface area (Å²) in [5.41, 5.74) is 2.82. The number of aryl methyl sites for hydroxylation is 2. The lowest BCUT2D eigenvalue weighted by atomic mass is 10.1. The van der Waals surface area contributed by atoms with Crippen molar-refractivity contribution >= 4 is 43.2 Å². The maximum atomic E-state index is 12.5. The molecule has 0 saturated heterocycles. The number of pyridine rings is 1. The van der Waals surface area contributed by atoms with Crippen molar-refractivity contribution in [1.29, 1.82) is 0 Å². The fourth-order valence-electron chi connectivity index (χ4n) is 4.33. The molecule has 0 aliphatic heterocycles. The van der Waals surface area contributed by atoms with Gasteiger partial charge in [-0.25, -0.2) is 18.4 Å². The van der Waals surface area contributed by atoms with Crippen molar-refractivity contribution in [2.75, 3.05) is 29.5 Å². The molecule has 4 rings (SSSR count). The molecule has 0 spiro atoms. The van der Waals surface area contributed by atoms with Crippen molar-refractivity contribution in [3.8, 4) is 10.6 Å². The van der Waals surface area contributed by atoms with E-state index in [4.69, 9.17) is 4.98 Å². The molecule has 5 N–H and O–H groups in total. The van der Waals surface area contributed by atoms with Gasteiger partial charge in [0, 0.05) is 25.3 Å². The average molecular weight is 551 g/mol. The first-order valence-corrected chi connectivity index (χ1v) is 14.6. The van der Waals surface area contributed by atoms with E-state index < -0.39 is 38.8 Å². The van der Waals surface area contributed by atoms with Gasteiger partial charge in [-0.1, -0.05) is 0 Å². The molecule has 1 aliphatic rings. The molecular formula is C24H34N6O5S2. The van der Waals surface area contributed by atoms with Crippen LogP contribution in [0.3, 0.4) is 0 Å². The molecule has 3 heterocycles. The standard InChI is InChI=1S/C24H34N6O5S2/c1-12-17(22-29-18-13(2)25-7-6-16(18)36-22)21(28-15-10-14(11-31)19(32)20(15)33)30-23(27-12)26-8-9-37(34,35)24(3,4)5/h6-7,14-15,19-20,31-33H,8-11H2,1-5H3,(H2,26,27,28,30)/t14-,15-,19-,20+/m1/s1. The van der Waals surface area contributed by atoms with Crippen molar-refractivity contribution in [2.45, 2.75) is 64.0 Å². The zero-order chi connectivity index (χ0) is 27.1. The van der Waals surface area contributed by atoms with Gasteiger partial charge in [-0.15, -0.1) is 11.3 Å². The van der Waals surface area contributed by atoms with Crippen LogP contribution < -0.4 is 10.6 Å². The van der Waals surface area contributed by atoms with E-state index in [-0.39, 0.29) is 24.9 Å². The van der Waals surface area contributed by atoms with Crippen LogP contribution in [-0.2, 0) is 9.84 Å². The normalized spacial score (nSPS) is 22.5. The van der Waals surface area contributed by atoms with Gasteiger partial charge in [0.2, 0.25) is 5.95 Å². The van der Waals surface area contributed by atoms with Crippen molar-refractivity contribution in [2.24, 2.45) is 5.92 Å². The number of nitrogens with zero attached hydrogens (tertiary/aromatic N) is 4. The van der Waals surface area contributed by atoms with E-state index in [0.29, 0.717) is 28.5 Å². The van der Waals surface area contributed by atoms with E-state index >= 15 is 0 Å².